The Labute approximate surface area is 90.2 Å². The Morgan fingerprint density at radius 3 is 2.60 bits per heavy atom. The van der Waals surface area contributed by atoms with E-state index >= 15 is 0 Å². The van der Waals surface area contributed by atoms with Gasteiger partial charge in [0.2, 0.25) is 5.91 Å². The molecular formula is C8H13F3N2OS. The van der Waals surface area contributed by atoms with Crippen molar-refractivity contribution in [2.75, 3.05) is 12.3 Å². The Morgan fingerprint density at radius 2 is 2.20 bits per heavy atom. The summed E-state index contributed by atoms with van der Waals surface area (Å²) in [5.74, 6) is -0.0955. The molecule has 0 aliphatic carbocycles. The number of rotatable bonds is 2. The molecule has 3 nitrogen and oxygen atoms in total. The summed E-state index contributed by atoms with van der Waals surface area (Å²) in [5, 5.41) is 4.81. The number of thioether (sulfide) groups is 1. The van der Waals surface area contributed by atoms with E-state index in [-0.39, 0.29) is 4.87 Å². The highest BCUT2D eigenvalue weighted by Gasteiger charge is 2.36. The average Bonchev–Trinajstić information content (AvgIpc) is 2.40. The van der Waals surface area contributed by atoms with Crippen LogP contribution in [0.25, 0.3) is 0 Å². The molecule has 1 heterocycles. The van der Waals surface area contributed by atoms with Gasteiger partial charge in [0, 0.05) is 5.75 Å². The molecule has 7 heteroatoms. The van der Waals surface area contributed by atoms with Crippen molar-refractivity contribution in [2.45, 2.75) is 30.9 Å². The summed E-state index contributed by atoms with van der Waals surface area (Å²) < 4.78 is 35.4. The van der Waals surface area contributed by atoms with Crippen LogP contribution >= 0.6 is 11.8 Å². The van der Waals surface area contributed by atoms with Gasteiger partial charge in [-0.05, 0) is 13.8 Å². The van der Waals surface area contributed by atoms with Crippen LogP contribution < -0.4 is 10.6 Å². The SMILES string of the molecule is CC1(C)NC(C(=O)NCC(F)(F)F)CS1. The zero-order valence-corrected chi connectivity index (χ0v) is 9.26. The van der Waals surface area contributed by atoms with Crippen molar-refractivity contribution in [2.24, 2.45) is 0 Å². The molecule has 88 valence electrons. The van der Waals surface area contributed by atoms with Gasteiger partial charge in [0.1, 0.15) is 6.54 Å². The molecule has 1 atom stereocenters. The molecule has 0 saturated carbocycles. The third-order valence-electron chi connectivity index (χ3n) is 1.91. The Hall–Kier alpha value is -0.430. The molecule has 1 fully saturated rings. The summed E-state index contributed by atoms with van der Waals surface area (Å²) in [7, 11) is 0. The lowest BCUT2D eigenvalue weighted by atomic mass is 10.2. The van der Waals surface area contributed by atoms with Crippen LogP contribution in [0.15, 0.2) is 0 Å². The van der Waals surface area contributed by atoms with Gasteiger partial charge in [0.15, 0.2) is 0 Å². The van der Waals surface area contributed by atoms with Gasteiger partial charge in [-0.1, -0.05) is 0 Å². The van der Waals surface area contributed by atoms with Crippen LogP contribution in [0, 0.1) is 0 Å². The zero-order valence-electron chi connectivity index (χ0n) is 8.44. The lowest BCUT2D eigenvalue weighted by Crippen LogP contribution is -2.48. The van der Waals surface area contributed by atoms with Gasteiger partial charge in [-0.25, -0.2) is 0 Å². The minimum atomic E-state index is -4.35. The summed E-state index contributed by atoms with van der Waals surface area (Å²) >= 11 is 1.52. The number of hydrogen-bond donors (Lipinski definition) is 2. The highest BCUT2D eigenvalue weighted by molar-refractivity contribution is 8.00. The van der Waals surface area contributed by atoms with Crippen molar-refractivity contribution in [3.05, 3.63) is 0 Å². The monoisotopic (exact) mass is 242 g/mol. The summed E-state index contributed by atoms with van der Waals surface area (Å²) in [4.78, 5) is 11.0. The lowest BCUT2D eigenvalue weighted by molar-refractivity contribution is -0.139. The summed E-state index contributed by atoms with van der Waals surface area (Å²) in [6.45, 7) is 2.50. The second-order valence-electron chi connectivity index (χ2n) is 3.85. The fourth-order valence-electron chi connectivity index (χ4n) is 1.25. The maximum absolute atomic E-state index is 11.8. The van der Waals surface area contributed by atoms with Crippen molar-refractivity contribution >= 4 is 17.7 Å². The predicted octanol–water partition coefficient (Wildman–Crippen LogP) is 1.11. The maximum Gasteiger partial charge on any atom is 0.405 e. The van der Waals surface area contributed by atoms with Crippen molar-refractivity contribution in [1.29, 1.82) is 0 Å². The van der Waals surface area contributed by atoms with E-state index in [1.165, 1.54) is 11.8 Å². The predicted molar refractivity (Wildman–Crippen MR) is 52.5 cm³/mol. The number of hydrogen-bond acceptors (Lipinski definition) is 3. The minimum absolute atomic E-state index is 0.250. The average molecular weight is 242 g/mol. The molecule has 0 aromatic carbocycles. The summed E-state index contributed by atoms with van der Waals surface area (Å²) in [6, 6.07) is -0.535. The molecule has 15 heavy (non-hydrogen) atoms. The number of alkyl halides is 3. The quantitative estimate of drug-likeness (QED) is 0.762. The molecule has 1 rings (SSSR count). The zero-order chi connectivity index (χ0) is 11.7. The van der Waals surface area contributed by atoms with Crippen LogP contribution in [0.2, 0.25) is 0 Å². The normalized spacial score (nSPS) is 25.3. The van der Waals surface area contributed by atoms with E-state index in [0.717, 1.165) is 0 Å². The lowest BCUT2D eigenvalue weighted by Gasteiger charge is -2.18. The molecule has 1 saturated heterocycles. The molecule has 1 amide bonds. The first-order chi connectivity index (χ1) is 6.70. The molecule has 1 aliphatic heterocycles. The Balaban J connectivity index is 2.37. The molecule has 2 N–H and O–H groups in total. The first kappa shape index (κ1) is 12.6. The fourth-order valence-corrected chi connectivity index (χ4v) is 2.29. The minimum Gasteiger partial charge on any atom is -0.346 e. The molecular weight excluding hydrogens is 229 g/mol. The number of carbonyl (C=O) groups is 1. The first-order valence-corrected chi connectivity index (χ1v) is 5.44. The van der Waals surface area contributed by atoms with E-state index in [4.69, 9.17) is 0 Å². The fraction of sp³-hybridized carbons (Fsp3) is 0.875. The van der Waals surface area contributed by atoms with Crippen LogP contribution in [0.1, 0.15) is 13.8 Å². The van der Waals surface area contributed by atoms with Crippen molar-refractivity contribution in [3.63, 3.8) is 0 Å². The van der Waals surface area contributed by atoms with Crippen LogP contribution in [-0.2, 0) is 4.79 Å². The summed E-state index contributed by atoms with van der Waals surface area (Å²) in [5.41, 5.74) is 0. The molecule has 0 radical (unpaired) electrons. The van der Waals surface area contributed by atoms with Gasteiger partial charge in [-0.3, -0.25) is 10.1 Å². The van der Waals surface area contributed by atoms with E-state index in [1.54, 1.807) is 0 Å². The van der Waals surface area contributed by atoms with Gasteiger partial charge in [-0.15, -0.1) is 11.8 Å². The van der Waals surface area contributed by atoms with E-state index in [2.05, 4.69) is 5.32 Å². The third kappa shape index (κ3) is 4.29. The second-order valence-corrected chi connectivity index (χ2v) is 5.49. The standard InChI is InChI=1S/C8H13F3N2OS/c1-7(2)13-5(3-15-7)6(14)12-4-8(9,10)11/h5,13H,3-4H2,1-2H3,(H,12,14). The van der Waals surface area contributed by atoms with Crippen LogP contribution in [0.3, 0.4) is 0 Å². The largest absolute Gasteiger partial charge is 0.405 e. The van der Waals surface area contributed by atoms with Gasteiger partial charge in [0.25, 0.3) is 0 Å². The van der Waals surface area contributed by atoms with Crippen LogP contribution in [-0.4, -0.2) is 35.3 Å². The van der Waals surface area contributed by atoms with E-state index < -0.39 is 24.7 Å². The van der Waals surface area contributed by atoms with Crippen molar-refractivity contribution in [1.82, 2.24) is 10.6 Å². The van der Waals surface area contributed by atoms with Gasteiger partial charge in [0.05, 0.1) is 10.9 Å². The van der Waals surface area contributed by atoms with E-state index in [9.17, 15) is 18.0 Å². The third-order valence-corrected chi connectivity index (χ3v) is 3.25. The van der Waals surface area contributed by atoms with Gasteiger partial charge in [-0.2, -0.15) is 13.2 Å². The highest BCUT2D eigenvalue weighted by atomic mass is 32.2. The number of carbonyl (C=O) groups excluding carboxylic acids is 1. The van der Waals surface area contributed by atoms with E-state index in [0.29, 0.717) is 5.75 Å². The summed E-state index contributed by atoms with van der Waals surface area (Å²) in [6.07, 6.45) is -4.35. The molecule has 0 aromatic rings. The molecule has 0 spiro atoms. The van der Waals surface area contributed by atoms with Crippen LogP contribution in [0.5, 0.6) is 0 Å². The molecule has 1 unspecified atom stereocenters. The number of amides is 1. The number of nitrogens with one attached hydrogen (secondary N) is 2. The Bertz CT molecular complexity index is 255. The smallest absolute Gasteiger partial charge is 0.346 e. The maximum atomic E-state index is 11.8. The Kier molecular flexibility index (Phi) is 3.55. The van der Waals surface area contributed by atoms with Crippen LogP contribution in [0.4, 0.5) is 13.2 Å². The highest BCUT2D eigenvalue weighted by Crippen LogP contribution is 2.29. The van der Waals surface area contributed by atoms with Gasteiger partial charge < -0.3 is 5.32 Å². The molecule has 1 aliphatic rings. The van der Waals surface area contributed by atoms with Crippen molar-refractivity contribution in [3.8, 4) is 0 Å². The van der Waals surface area contributed by atoms with Crippen molar-refractivity contribution < 1.29 is 18.0 Å². The molecule has 0 bridgehead atoms. The van der Waals surface area contributed by atoms with E-state index in [1.807, 2.05) is 19.2 Å². The van der Waals surface area contributed by atoms with Gasteiger partial charge >= 0.3 is 6.18 Å². The second kappa shape index (κ2) is 4.21. The number of halogens is 3. The Morgan fingerprint density at radius 1 is 1.60 bits per heavy atom. The topological polar surface area (TPSA) is 41.1 Å². The first-order valence-electron chi connectivity index (χ1n) is 4.46. The molecule has 0 aromatic heterocycles.